The summed E-state index contributed by atoms with van der Waals surface area (Å²) >= 11 is 0. The minimum atomic E-state index is 0.389. The maximum absolute atomic E-state index is 5.94. The average Bonchev–Trinajstić information content (AvgIpc) is 2.25. The second-order valence-corrected chi connectivity index (χ2v) is 4.75. The molecule has 0 aliphatic rings. The summed E-state index contributed by atoms with van der Waals surface area (Å²) in [7, 11) is 0. The molecule has 0 rings (SSSR count). The Morgan fingerprint density at radius 3 is 2.25 bits per heavy atom. The Labute approximate surface area is 102 Å². The smallest absolute Gasteiger partial charge is 0.0562 e. The van der Waals surface area contributed by atoms with Crippen LogP contribution in [0.1, 0.15) is 66.2 Å². The zero-order valence-corrected chi connectivity index (χ0v) is 11.7. The lowest BCUT2D eigenvalue weighted by Crippen LogP contribution is -2.23. The van der Waals surface area contributed by atoms with Crippen LogP contribution in [0, 0.1) is 0 Å². The van der Waals surface area contributed by atoms with Crippen LogP contribution < -0.4 is 5.32 Å². The number of nitrogens with one attached hydrogen (secondary N) is 1. The van der Waals surface area contributed by atoms with Gasteiger partial charge in [-0.15, -0.1) is 0 Å². The van der Waals surface area contributed by atoms with Crippen molar-refractivity contribution in [3.05, 3.63) is 0 Å². The minimum absolute atomic E-state index is 0.389. The summed E-state index contributed by atoms with van der Waals surface area (Å²) in [4.78, 5) is 0. The summed E-state index contributed by atoms with van der Waals surface area (Å²) in [5.74, 6) is 0. The fourth-order valence-corrected chi connectivity index (χ4v) is 1.87. The van der Waals surface area contributed by atoms with Crippen molar-refractivity contribution in [1.82, 2.24) is 5.32 Å². The van der Waals surface area contributed by atoms with Crippen LogP contribution in [-0.4, -0.2) is 25.3 Å². The first-order chi connectivity index (χ1) is 7.70. The molecule has 2 unspecified atom stereocenters. The van der Waals surface area contributed by atoms with E-state index in [9.17, 15) is 0 Å². The van der Waals surface area contributed by atoms with Gasteiger partial charge in [-0.25, -0.2) is 0 Å². The lowest BCUT2D eigenvalue weighted by atomic mass is 10.1. The molecule has 0 saturated heterocycles. The Balaban J connectivity index is 3.35. The van der Waals surface area contributed by atoms with Crippen LogP contribution >= 0.6 is 0 Å². The third-order valence-corrected chi connectivity index (χ3v) is 2.91. The number of hydrogen-bond acceptors (Lipinski definition) is 2. The Hall–Kier alpha value is -0.0800. The molecule has 0 aromatic heterocycles. The monoisotopic (exact) mass is 229 g/mol. The fraction of sp³-hybridized carbons (Fsp3) is 1.00. The van der Waals surface area contributed by atoms with Crippen molar-refractivity contribution in [2.45, 2.75) is 78.4 Å². The molecule has 0 spiro atoms. The molecule has 16 heavy (non-hydrogen) atoms. The van der Waals surface area contributed by atoms with E-state index in [0.29, 0.717) is 12.2 Å². The number of hydrogen-bond donors (Lipinski definition) is 1. The topological polar surface area (TPSA) is 21.3 Å². The molecular weight excluding hydrogens is 198 g/mol. The van der Waals surface area contributed by atoms with Crippen molar-refractivity contribution >= 4 is 0 Å². The molecule has 1 N–H and O–H groups in total. The molecule has 0 aliphatic heterocycles. The summed E-state index contributed by atoms with van der Waals surface area (Å²) in [6.45, 7) is 10.9. The first kappa shape index (κ1) is 15.9. The lowest BCUT2D eigenvalue weighted by molar-refractivity contribution is -0.000750. The van der Waals surface area contributed by atoms with Crippen molar-refractivity contribution in [2.24, 2.45) is 0 Å². The van der Waals surface area contributed by atoms with Crippen LogP contribution in [0.15, 0.2) is 0 Å². The van der Waals surface area contributed by atoms with Gasteiger partial charge in [-0.2, -0.15) is 0 Å². The maximum Gasteiger partial charge on any atom is 0.0562 e. The van der Waals surface area contributed by atoms with E-state index in [0.717, 1.165) is 19.5 Å². The summed E-state index contributed by atoms with van der Waals surface area (Å²) in [5, 5.41) is 3.33. The largest absolute Gasteiger partial charge is 0.376 e. The highest BCUT2D eigenvalue weighted by molar-refractivity contribution is 4.58. The Morgan fingerprint density at radius 1 is 0.938 bits per heavy atom. The molecule has 2 heteroatoms. The highest BCUT2D eigenvalue weighted by atomic mass is 16.5. The molecule has 98 valence electrons. The molecule has 0 saturated carbocycles. The van der Waals surface area contributed by atoms with Crippen LogP contribution in [0.5, 0.6) is 0 Å². The van der Waals surface area contributed by atoms with Crippen molar-refractivity contribution in [2.75, 3.05) is 13.1 Å². The highest BCUT2D eigenvalue weighted by Crippen LogP contribution is 2.10. The lowest BCUT2D eigenvalue weighted by Gasteiger charge is -2.19. The van der Waals surface area contributed by atoms with Gasteiger partial charge >= 0.3 is 0 Å². The molecule has 2 nitrogen and oxygen atoms in total. The van der Waals surface area contributed by atoms with E-state index in [-0.39, 0.29) is 0 Å². The van der Waals surface area contributed by atoms with E-state index < -0.39 is 0 Å². The van der Waals surface area contributed by atoms with Crippen LogP contribution in [0.25, 0.3) is 0 Å². The molecule has 0 aliphatic carbocycles. The molecule has 0 heterocycles. The van der Waals surface area contributed by atoms with Crippen molar-refractivity contribution in [3.8, 4) is 0 Å². The van der Waals surface area contributed by atoms with Gasteiger partial charge in [0.1, 0.15) is 0 Å². The predicted molar refractivity (Wildman–Crippen MR) is 71.9 cm³/mol. The van der Waals surface area contributed by atoms with Gasteiger partial charge in [-0.05, 0) is 39.8 Å². The van der Waals surface area contributed by atoms with Gasteiger partial charge in [0.2, 0.25) is 0 Å². The van der Waals surface area contributed by atoms with E-state index in [4.69, 9.17) is 4.74 Å². The molecular formula is C14H31NO. The SMILES string of the molecule is CCCCCCC(C)OC(C)CCNCC. The van der Waals surface area contributed by atoms with E-state index >= 15 is 0 Å². The molecule has 2 atom stereocenters. The average molecular weight is 229 g/mol. The summed E-state index contributed by atoms with van der Waals surface area (Å²) in [6.07, 6.45) is 8.49. The van der Waals surface area contributed by atoms with Crippen LogP contribution in [0.3, 0.4) is 0 Å². The minimum Gasteiger partial charge on any atom is -0.376 e. The predicted octanol–water partition coefficient (Wildman–Crippen LogP) is 3.75. The number of rotatable bonds is 11. The van der Waals surface area contributed by atoms with Gasteiger partial charge in [-0.1, -0.05) is 39.5 Å². The van der Waals surface area contributed by atoms with Gasteiger partial charge < -0.3 is 10.1 Å². The van der Waals surface area contributed by atoms with E-state index in [1.165, 1.54) is 32.1 Å². The molecule has 0 amide bonds. The first-order valence-corrected chi connectivity index (χ1v) is 7.06. The van der Waals surface area contributed by atoms with E-state index in [1.807, 2.05) is 0 Å². The second kappa shape index (κ2) is 11.4. The van der Waals surface area contributed by atoms with Crippen molar-refractivity contribution in [1.29, 1.82) is 0 Å². The first-order valence-electron chi connectivity index (χ1n) is 7.06. The summed E-state index contributed by atoms with van der Waals surface area (Å²) in [6, 6.07) is 0. The van der Waals surface area contributed by atoms with E-state index in [1.54, 1.807) is 0 Å². The van der Waals surface area contributed by atoms with E-state index in [2.05, 4.69) is 33.0 Å². The molecule has 0 aromatic carbocycles. The number of unbranched alkanes of at least 4 members (excludes halogenated alkanes) is 3. The zero-order valence-electron chi connectivity index (χ0n) is 11.7. The molecule has 0 radical (unpaired) electrons. The van der Waals surface area contributed by atoms with Crippen LogP contribution in [-0.2, 0) is 4.74 Å². The normalized spacial score (nSPS) is 15.0. The second-order valence-electron chi connectivity index (χ2n) is 4.75. The van der Waals surface area contributed by atoms with Gasteiger partial charge in [0, 0.05) is 0 Å². The Bertz CT molecular complexity index is 139. The maximum atomic E-state index is 5.94. The Kier molecular flexibility index (Phi) is 11.3. The van der Waals surface area contributed by atoms with Crippen molar-refractivity contribution in [3.63, 3.8) is 0 Å². The van der Waals surface area contributed by atoms with Gasteiger partial charge in [-0.3, -0.25) is 0 Å². The number of ether oxygens (including phenoxy) is 1. The Morgan fingerprint density at radius 2 is 1.62 bits per heavy atom. The van der Waals surface area contributed by atoms with Crippen molar-refractivity contribution < 1.29 is 4.74 Å². The standard InChI is InChI=1S/C14H31NO/c1-5-7-8-9-10-13(3)16-14(4)11-12-15-6-2/h13-15H,5-12H2,1-4H3. The summed E-state index contributed by atoms with van der Waals surface area (Å²) < 4.78 is 5.94. The highest BCUT2D eigenvalue weighted by Gasteiger charge is 2.07. The molecule has 0 aromatic rings. The molecule has 0 fully saturated rings. The molecule has 0 bridgehead atoms. The van der Waals surface area contributed by atoms with Crippen LogP contribution in [0.2, 0.25) is 0 Å². The third-order valence-electron chi connectivity index (χ3n) is 2.91. The van der Waals surface area contributed by atoms with Gasteiger partial charge in [0.05, 0.1) is 12.2 Å². The fourth-order valence-electron chi connectivity index (χ4n) is 1.87. The van der Waals surface area contributed by atoms with Crippen LogP contribution in [0.4, 0.5) is 0 Å². The van der Waals surface area contributed by atoms with Gasteiger partial charge in [0.25, 0.3) is 0 Å². The summed E-state index contributed by atoms with van der Waals surface area (Å²) in [5.41, 5.74) is 0. The zero-order chi connectivity index (χ0) is 12.2. The quantitative estimate of drug-likeness (QED) is 0.545. The third kappa shape index (κ3) is 10.4. The van der Waals surface area contributed by atoms with Gasteiger partial charge in [0.15, 0.2) is 0 Å².